The molecule has 4 nitrogen and oxygen atoms in total. The smallest absolute Gasteiger partial charge is 0.301 e. The number of hydrogen-bond donors (Lipinski definition) is 1. The van der Waals surface area contributed by atoms with Crippen molar-refractivity contribution in [2.45, 2.75) is 19.0 Å². The van der Waals surface area contributed by atoms with Crippen molar-refractivity contribution < 1.29 is 18.0 Å². The predicted molar refractivity (Wildman–Crippen MR) is 66.0 cm³/mol. The first kappa shape index (κ1) is 14.3. The van der Waals surface area contributed by atoms with E-state index in [0.29, 0.717) is 18.1 Å². The van der Waals surface area contributed by atoms with E-state index in [4.69, 9.17) is 0 Å². The SMILES string of the molecule is O=C(CN1CCC[C@H](C(F)(F)F)C1)Nc1nccs1. The van der Waals surface area contributed by atoms with E-state index in [2.05, 4.69) is 10.3 Å². The van der Waals surface area contributed by atoms with Crippen molar-refractivity contribution >= 4 is 22.4 Å². The summed E-state index contributed by atoms with van der Waals surface area (Å²) >= 11 is 1.28. The molecule has 0 spiro atoms. The Hall–Kier alpha value is -1.15. The van der Waals surface area contributed by atoms with E-state index in [-0.39, 0.29) is 25.4 Å². The van der Waals surface area contributed by atoms with Crippen molar-refractivity contribution in [3.8, 4) is 0 Å². The van der Waals surface area contributed by atoms with Gasteiger partial charge in [-0.2, -0.15) is 13.2 Å². The Labute approximate surface area is 112 Å². The third-order valence-electron chi connectivity index (χ3n) is 3.01. The summed E-state index contributed by atoms with van der Waals surface area (Å²) in [6.07, 6.45) is -2.01. The van der Waals surface area contributed by atoms with Gasteiger partial charge in [0.25, 0.3) is 0 Å². The van der Waals surface area contributed by atoms with Crippen LogP contribution in [0.5, 0.6) is 0 Å². The van der Waals surface area contributed by atoms with Crippen LogP contribution in [0.25, 0.3) is 0 Å². The molecule has 1 saturated heterocycles. The molecule has 2 heterocycles. The highest BCUT2D eigenvalue weighted by molar-refractivity contribution is 7.13. The van der Waals surface area contributed by atoms with Crippen LogP contribution in [0.2, 0.25) is 0 Å². The van der Waals surface area contributed by atoms with Crippen molar-refractivity contribution in [2.75, 3.05) is 25.0 Å². The second-order valence-corrected chi connectivity index (χ2v) is 5.40. The summed E-state index contributed by atoms with van der Waals surface area (Å²) in [5.41, 5.74) is 0. The van der Waals surface area contributed by atoms with Crippen molar-refractivity contribution in [1.29, 1.82) is 0 Å². The van der Waals surface area contributed by atoms with E-state index >= 15 is 0 Å². The van der Waals surface area contributed by atoms with Crippen LogP contribution in [-0.4, -0.2) is 41.6 Å². The normalized spacial score (nSPS) is 21.3. The summed E-state index contributed by atoms with van der Waals surface area (Å²) in [5, 5.41) is 4.75. The molecule has 1 aromatic heterocycles. The molecule has 0 saturated carbocycles. The van der Waals surface area contributed by atoms with Gasteiger partial charge in [-0.3, -0.25) is 9.69 Å². The first-order chi connectivity index (χ1) is 8.95. The topological polar surface area (TPSA) is 45.2 Å². The standard InChI is InChI=1S/C11H14F3N3OS/c12-11(13,14)8-2-1-4-17(6-8)7-9(18)16-10-15-3-5-19-10/h3,5,8H,1-2,4,6-7H2,(H,15,16,18)/t8-/m0/s1. The van der Waals surface area contributed by atoms with Gasteiger partial charge in [0.05, 0.1) is 12.5 Å². The molecule has 1 aromatic rings. The van der Waals surface area contributed by atoms with E-state index in [1.807, 2.05) is 0 Å². The van der Waals surface area contributed by atoms with E-state index in [0.717, 1.165) is 0 Å². The third-order valence-corrected chi connectivity index (χ3v) is 3.70. The van der Waals surface area contributed by atoms with Crippen LogP contribution in [0.3, 0.4) is 0 Å². The number of thiazole rings is 1. The maximum Gasteiger partial charge on any atom is 0.393 e. The lowest BCUT2D eigenvalue weighted by Crippen LogP contribution is -2.44. The number of piperidine rings is 1. The third kappa shape index (κ3) is 4.17. The highest BCUT2D eigenvalue weighted by Crippen LogP contribution is 2.32. The van der Waals surface area contributed by atoms with Gasteiger partial charge in [-0.05, 0) is 19.4 Å². The minimum atomic E-state index is -4.18. The Bertz CT molecular complexity index is 421. The molecule has 1 amide bonds. The largest absolute Gasteiger partial charge is 0.393 e. The number of rotatable bonds is 3. The maximum absolute atomic E-state index is 12.6. The van der Waals surface area contributed by atoms with Gasteiger partial charge in [0.2, 0.25) is 5.91 Å². The molecule has 19 heavy (non-hydrogen) atoms. The van der Waals surface area contributed by atoms with Crippen LogP contribution in [-0.2, 0) is 4.79 Å². The Kier molecular flexibility index (Phi) is 4.41. The van der Waals surface area contributed by atoms with Crippen LogP contribution in [0.1, 0.15) is 12.8 Å². The summed E-state index contributed by atoms with van der Waals surface area (Å²) in [6.45, 7) is 0.402. The predicted octanol–water partition coefficient (Wildman–Crippen LogP) is 2.36. The van der Waals surface area contributed by atoms with Crippen LogP contribution >= 0.6 is 11.3 Å². The summed E-state index contributed by atoms with van der Waals surface area (Å²) in [4.78, 5) is 17.1. The molecule has 0 aromatic carbocycles. The molecule has 1 N–H and O–H groups in total. The number of amides is 1. The van der Waals surface area contributed by atoms with E-state index in [9.17, 15) is 18.0 Å². The Morgan fingerprint density at radius 1 is 1.58 bits per heavy atom. The monoisotopic (exact) mass is 293 g/mol. The molecule has 1 aliphatic heterocycles. The van der Waals surface area contributed by atoms with Gasteiger partial charge in [-0.1, -0.05) is 0 Å². The highest BCUT2D eigenvalue weighted by atomic mass is 32.1. The van der Waals surface area contributed by atoms with Crippen LogP contribution in [0, 0.1) is 5.92 Å². The zero-order chi connectivity index (χ0) is 13.9. The summed E-state index contributed by atoms with van der Waals surface area (Å²) in [5.74, 6) is -1.65. The Morgan fingerprint density at radius 2 is 2.37 bits per heavy atom. The lowest BCUT2D eigenvalue weighted by atomic mass is 9.97. The first-order valence-electron chi connectivity index (χ1n) is 5.93. The molecular weight excluding hydrogens is 279 g/mol. The number of carbonyl (C=O) groups excluding carboxylic acids is 1. The van der Waals surface area contributed by atoms with E-state index in [1.54, 1.807) is 16.5 Å². The molecule has 2 rings (SSSR count). The summed E-state index contributed by atoms with van der Waals surface area (Å²) in [6, 6.07) is 0. The number of carbonyl (C=O) groups is 1. The van der Waals surface area contributed by atoms with E-state index in [1.165, 1.54) is 11.3 Å². The number of alkyl halides is 3. The van der Waals surface area contributed by atoms with Crippen molar-refractivity contribution in [3.05, 3.63) is 11.6 Å². The zero-order valence-corrected chi connectivity index (χ0v) is 10.9. The van der Waals surface area contributed by atoms with Gasteiger partial charge in [0, 0.05) is 18.1 Å². The number of aromatic nitrogens is 1. The second-order valence-electron chi connectivity index (χ2n) is 4.50. The molecular formula is C11H14F3N3OS. The molecule has 0 radical (unpaired) electrons. The minimum Gasteiger partial charge on any atom is -0.301 e. The number of halogens is 3. The number of anilines is 1. The fourth-order valence-electron chi connectivity index (χ4n) is 2.11. The molecule has 8 heteroatoms. The molecule has 0 unspecified atom stereocenters. The van der Waals surface area contributed by atoms with Gasteiger partial charge >= 0.3 is 6.18 Å². The van der Waals surface area contributed by atoms with Gasteiger partial charge in [-0.15, -0.1) is 11.3 Å². The van der Waals surface area contributed by atoms with Gasteiger partial charge in [0.1, 0.15) is 0 Å². The average molecular weight is 293 g/mol. The fourth-order valence-corrected chi connectivity index (χ4v) is 2.66. The van der Waals surface area contributed by atoms with Crippen LogP contribution < -0.4 is 5.32 Å². The molecule has 1 atom stereocenters. The summed E-state index contributed by atoms with van der Waals surface area (Å²) in [7, 11) is 0. The van der Waals surface area contributed by atoms with Crippen LogP contribution in [0.4, 0.5) is 18.3 Å². The maximum atomic E-state index is 12.6. The van der Waals surface area contributed by atoms with Gasteiger partial charge in [0.15, 0.2) is 5.13 Å². The first-order valence-corrected chi connectivity index (χ1v) is 6.81. The Balaban J connectivity index is 1.83. The Morgan fingerprint density at radius 3 is 3.00 bits per heavy atom. The van der Waals surface area contributed by atoms with Crippen molar-refractivity contribution in [2.24, 2.45) is 5.92 Å². The molecule has 0 aliphatic carbocycles. The van der Waals surface area contributed by atoms with Gasteiger partial charge < -0.3 is 5.32 Å². The molecule has 0 bridgehead atoms. The van der Waals surface area contributed by atoms with Crippen molar-refractivity contribution in [1.82, 2.24) is 9.88 Å². The quantitative estimate of drug-likeness (QED) is 0.930. The van der Waals surface area contributed by atoms with Gasteiger partial charge in [-0.25, -0.2) is 4.98 Å². The second kappa shape index (κ2) is 5.87. The minimum absolute atomic E-state index is 0.0217. The highest BCUT2D eigenvalue weighted by Gasteiger charge is 2.41. The summed E-state index contributed by atoms with van der Waals surface area (Å²) < 4.78 is 37.9. The molecule has 106 valence electrons. The van der Waals surface area contributed by atoms with Crippen LogP contribution in [0.15, 0.2) is 11.6 Å². The fraction of sp³-hybridized carbons (Fsp3) is 0.636. The molecule has 1 fully saturated rings. The number of nitrogens with one attached hydrogen (secondary N) is 1. The lowest BCUT2D eigenvalue weighted by Gasteiger charge is -2.33. The number of nitrogens with zero attached hydrogens (tertiary/aromatic N) is 2. The van der Waals surface area contributed by atoms with E-state index < -0.39 is 12.1 Å². The zero-order valence-electron chi connectivity index (χ0n) is 10.1. The number of hydrogen-bond acceptors (Lipinski definition) is 4. The lowest BCUT2D eigenvalue weighted by molar-refractivity contribution is -0.186. The molecule has 1 aliphatic rings. The average Bonchev–Trinajstić information content (AvgIpc) is 2.80. The van der Waals surface area contributed by atoms with Crippen molar-refractivity contribution in [3.63, 3.8) is 0 Å². The number of likely N-dealkylation sites (tertiary alicyclic amines) is 1.